The van der Waals surface area contributed by atoms with Crippen LogP contribution in [-0.4, -0.2) is 23.5 Å². The second kappa shape index (κ2) is 4.87. The number of hydrogen-bond acceptors (Lipinski definition) is 5. The van der Waals surface area contributed by atoms with E-state index < -0.39 is 5.97 Å². The van der Waals surface area contributed by atoms with E-state index in [1.807, 2.05) is 0 Å². The fraction of sp³-hybridized carbons (Fsp3) is 0.250. The summed E-state index contributed by atoms with van der Waals surface area (Å²) in [5.74, 6) is -0.840. The minimum atomic E-state index is -0.571. The number of carbonyl (C=O) groups excluding carboxylic acids is 2. The molecule has 0 aliphatic carbocycles. The number of carbonyl (C=O) groups is 2. The number of nitrogens with one attached hydrogen (secondary N) is 1. The average molecular weight is 248 g/mol. The van der Waals surface area contributed by atoms with Crippen LogP contribution in [0.25, 0.3) is 11.1 Å². The first-order valence-corrected chi connectivity index (χ1v) is 5.45. The van der Waals surface area contributed by atoms with Crippen LogP contribution in [0.2, 0.25) is 0 Å². The van der Waals surface area contributed by atoms with Crippen molar-refractivity contribution in [2.45, 2.75) is 13.8 Å². The van der Waals surface area contributed by atoms with E-state index >= 15 is 0 Å². The molecule has 0 saturated carbocycles. The van der Waals surface area contributed by atoms with Gasteiger partial charge in [-0.05, 0) is 19.1 Å². The summed E-state index contributed by atoms with van der Waals surface area (Å²) in [5, 5.41) is 2.46. The number of rotatable bonds is 3. The van der Waals surface area contributed by atoms with Gasteiger partial charge in [-0.3, -0.25) is 15.1 Å². The monoisotopic (exact) mass is 248 g/mol. The van der Waals surface area contributed by atoms with Gasteiger partial charge in [0, 0.05) is 13.1 Å². The summed E-state index contributed by atoms with van der Waals surface area (Å²) < 4.78 is 10.3. The second-order valence-electron chi connectivity index (χ2n) is 3.56. The largest absolute Gasteiger partial charge is 0.462 e. The molecule has 0 saturated heterocycles. The molecular formula is C12H12N2O4. The Morgan fingerprint density at radius 1 is 1.50 bits per heavy atom. The lowest BCUT2D eigenvalue weighted by Crippen LogP contribution is -2.11. The molecule has 0 unspecified atom stereocenters. The van der Waals surface area contributed by atoms with Gasteiger partial charge in [-0.15, -0.1) is 0 Å². The van der Waals surface area contributed by atoms with E-state index in [2.05, 4.69) is 10.3 Å². The second-order valence-corrected chi connectivity index (χ2v) is 3.56. The van der Waals surface area contributed by atoms with E-state index in [0.717, 1.165) is 0 Å². The Kier molecular flexibility index (Phi) is 3.27. The Labute approximate surface area is 103 Å². The number of nitrogens with zero attached hydrogens (tertiary/aromatic N) is 1. The first-order chi connectivity index (χ1) is 8.63. The van der Waals surface area contributed by atoms with Gasteiger partial charge in [0.25, 0.3) is 0 Å². The predicted octanol–water partition coefficient (Wildman–Crippen LogP) is 1.96. The van der Waals surface area contributed by atoms with Crippen LogP contribution in [0.15, 0.2) is 22.7 Å². The molecule has 1 amide bonds. The molecule has 0 bridgehead atoms. The maximum Gasteiger partial charge on any atom is 0.345 e. The van der Waals surface area contributed by atoms with Crippen molar-refractivity contribution in [1.29, 1.82) is 0 Å². The van der Waals surface area contributed by atoms with Gasteiger partial charge in [0.1, 0.15) is 11.1 Å². The number of aromatic nitrogens is 1. The van der Waals surface area contributed by atoms with E-state index in [-0.39, 0.29) is 24.0 Å². The number of amides is 1. The van der Waals surface area contributed by atoms with Crippen molar-refractivity contribution >= 4 is 28.9 Å². The van der Waals surface area contributed by atoms with Crippen LogP contribution in [0.5, 0.6) is 0 Å². The molecule has 0 aromatic carbocycles. The third-order valence-corrected chi connectivity index (χ3v) is 2.22. The van der Waals surface area contributed by atoms with Crippen molar-refractivity contribution in [2.75, 3.05) is 11.9 Å². The quantitative estimate of drug-likeness (QED) is 0.839. The molecule has 0 aliphatic heterocycles. The minimum Gasteiger partial charge on any atom is -0.462 e. The lowest BCUT2D eigenvalue weighted by atomic mass is 10.2. The normalized spacial score (nSPS) is 10.3. The zero-order valence-electron chi connectivity index (χ0n) is 10.0. The van der Waals surface area contributed by atoms with Crippen molar-refractivity contribution in [1.82, 2.24) is 4.98 Å². The average Bonchev–Trinajstić information content (AvgIpc) is 2.66. The zero-order valence-corrected chi connectivity index (χ0v) is 10.0. The van der Waals surface area contributed by atoms with Crippen LogP contribution in [0.3, 0.4) is 0 Å². The molecule has 94 valence electrons. The first-order valence-electron chi connectivity index (χ1n) is 5.45. The Balaban J connectivity index is 2.57. The van der Waals surface area contributed by atoms with E-state index in [1.165, 1.54) is 13.1 Å². The highest BCUT2D eigenvalue weighted by atomic mass is 16.5. The van der Waals surface area contributed by atoms with Crippen molar-refractivity contribution in [3.05, 3.63) is 23.9 Å². The molecule has 0 aliphatic rings. The lowest BCUT2D eigenvalue weighted by molar-refractivity contribution is -0.114. The lowest BCUT2D eigenvalue weighted by Gasteiger charge is -2.02. The fourth-order valence-corrected chi connectivity index (χ4v) is 1.57. The molecule has 0 radical (unpaired) electrons. The maximum atomic E-state index is 11.8. The highest BCUT2D eigenvalue weighted by Crippen LogP contribution is 2.28. The number of furan rings is 1. The number of fused-ring (bicyclic) bond motifs is 1. The number of hydrogen-bond donors (Lipinski definition) is 1. The smallest absolute Gasteiger partial charge is 0.345 e. The molecule has 6 heteroatoms. The van der Waals surface area contributed by atoms with Crippen molar-refractivity contribution in [3.8, 4) is 0 Å². The number of ether oxygens (including phenoxy) is 1. The van der Waals surface area contributed by atoms with Gasteiger partial charge in [0.2, 0.25) is 11.8 Å². The van der Waals surface area contributed by atoms with E-state index in [9.17, 15) is 9.59 Å². The Morgan fingerprint density at radius 3 is 2.94 bits per heavy atom. The maximum absolute atomic E-state index is 11.8. The molecule has 0 spiro atoms. The first kappa shape index (κ1) is 12.1. The zero-order chi connectivity index (χ0) is 13.1. The predicted molar refractivity (Wildman–Crippen MR) is 64.3 cm³/mol. The van der Waals surface area contributed by atoms with Crippen LogP contribution in [0, 0.1) is 0 Å². The van der Waals surface area contributed by atoms with Crippen LogP contribution in [-0.2, 0) is 9.53 Å². The van der Waals surface area contributed by atoms with E-state index in [0.29, 0.717) is 11.1 Å². The number of esters is 1. The Morgan fingerprint density at radius 2 is 2.28 bits per heavy atom. The molecule has 1 N–H and O–H groups in total. The third kappa shape index (κ3) is 2.17. The molecule has 0 fully saturated rings. The molecule has 18 heavy (non-hydrogen) atoms. The van der Waals surface area contributed by atoms with Crippen LogP contribution in [0.4, 0.5) is 5.88 Å². The summed E-state index contributed by atoms with van der Waals surface area (Å²) in [4.78, 5) is 27.0. The molecular weight excluding hydrogens is 236 g/mol. The van der Waals surface area contributed by atoms with Crippen LogP contribution >= 0.6 is 0 Å². The SMILES string of the molecule is CCOC(=O)c1c(NC(C)=O)oc2cccnc12. The molecule has 0 atom stereocenters. The van der Waals surface area contributed by atoms with E-state index in [4.69, 9.17) is 9.15 Å². The summed E-state index contributed by atoms with van der Waals surface area (Å²) in [7, 11) is 0. The van der Waals surface area contributed by atoms with Gasteiger partial charge in [-0.25, -0.2) is 4.79 Å². The topological polar surface area (TPSA) is 81.4 Å². The van der Waals surface area contributed by atoms with E-state index in [1.54, 1.807) is 19.1 Å². The van der Waals surface area contributed by atoms with Crippen molar-refractivity contribution in [3.63, 3.8) is 0 Å². The summed E-state index contributed by atoms with van der Waals surface area (Å²) in [5.41, 5.74) is 0.937. The Bertz CT molecular complexity index is 603. The minimum absolute atomic E-state index is 0.0645. The van der Waals surface area contributed by atoms with Gasteiger partial charge in [0.15, 0.2) is 5.58 Å². The van der Waals surface area contributed by atoms with Gasteiger partial charge in [0.05, 0.1) is 6.61 Å². The van der Waals surface area contributed by atoms with Crippen LogP contribution < -0.4 is 5.32 Å². The summed E-state index contributed by atoms with van der Waals surface area (Å²) >= 11 is 0. The Hall–Kier alpha value is -2.37. The van der Waals surface area contributed by atoms with Gasteiger partial charge in [-0.2, -0.15) is 0 Å². The summed E-state index contributed by atoms with van der Waals surface area (Å²) in [6.45, 7) is 3.26. The number of pyridine rings is 1. The van der Waals surface area contributed by atoms with Crippen molar-refractivity contribution < 1.29 is 18.7 Å². The highest BCUT2D eigenvalue weighted by molar-refractivity contribution is 6.08. The van der Waals surface area contributed by atoms with Crippen LogP contribution in [0.1, 0.15) is 24.2 Å². The summed E-state index contributed by atoms with van der Waals surface area (Å²) in [6, 6.07) is 3.34. The molecule has 2 rings (SSSR count). The highest BCUT2D eigenvalue weighted by Gasteiger charge is 2.23. The van der Waals surface area contributed by atoms with Gasteiger partial charge < -0.3 is 9.15 Å². The third-order valence-electron chi connectivity index (χ3n) is 2.22. The molecule has 2 heterocycles. The standard InChI is InChI=1S/C12H12N2O4/c1-3-17-12(16)9-10-8(5-4-6-13-10)18-11(9)14-7(2)15/h4-6H,3H2,1-2H3,(H,14,15). The molecule has 2 aromatic rings. The van der Waals surface area contributed by atoms with Gasteiger partial charge >= 0.3 is 5.97 Å². The van der Waals surface area contributed by atoms with Crippen molar-refractivity contribution in [2.24, 2.45) is 0 Å². The fourth-order valence-electron chi connectivity index (χ4n) is 1.57. The summed E-state index contributed by atoms with van der Waals surface area (Å²) in [6.07, 6.45) is 1.54. The van der Waals surface area contributed by atoms with Gasteiger partial charge in [-0.1, -0.05) is 0 Å². The molecule has 2 aromatic heterocycles. The number of anilines is 1. The molecule has 6 nitrogen and oxygen atoms in total.